The Kier molecular flexibility index (Phi) is 4.71. The number of anilines is 1. The zero-order chi connectivity index (χ0) is 14.0. The number of benzene rings is 1. The number of halogens is 2. The van der Waals surface area contributed by atoms with E-state index in [1.54, 1.807) is 0 Å². The first-order chi connectivity index (χ1) is 9.69. The van der Waals surface area contributed by atoms with Gasteiger partial charge in [0.15, 0.2) is 0 Å². The van der Waals surface area contributed by atoms with E-state index in [9.17, 15) is 0 Å². The van der Waals surface area contributed by atoms with Crippen LogP contribution in [0.3, 0.4) is 0 Å². The molecule has 2 nitrogen and oxygen atoms in total. The van der Waals surface area contributed by atoms with Gasteiger partial charge in [-0.15, -0.1) is 0 Å². The monoisotopic (exact) mass is 331 g/mol. The Bertz CT molecular complexity index is 451. The smallest absolute Gasteiger partial charge is 0.0721 e. The molecule has 0 saturated carbocycles. The van der Waals surface area contributed by atoms with Crippen molar-refractivity contribution in [2.45, 2.75) is 37.3 Å². The molecule has 5 heteroatoms. The van der Waals surface area contributed by atoms with Crippen molar-refractivity contribution < 1.29 is 4.74 Å². The lowest BCUT2D eigenvalue weighted by atomic mass is 9.85. The average Bonchev–Trinajstić information content (AvgIpc) is 2.44. The van der Waals surface area contributed by atoms with Gasteiger partial charge in [-0.05, 0) is 49.3 Å². The van der Waals surface area contributed by atoms with Gasteiger partial charge in [-0.25, -0.2) is 0 Å². The highest BCUT2D eigenvalue weighted by molar-refractivity contribution is 7.99. The summed E-state index contributed by atoms with van der Waals surface area (Å²) >= 11 is 14.5. The second-order valence-corrected chi connectivity index (χ2v) is 7.61. The van der Waals surface area contributed by atoms with Gasteiger partial charge in [-0.2, -0.15) is 11.8 Å². The third-order valence-corrected chi connectivity index (χ3v) is 5.82. The standard InChI is InChI=1S/C15H19Cl2NOS/c16-12-2-1-3-13(17)14(12)18-11-4-7-19-15(10-11)5-8-20-9-6-15/h1-3,11,18H,4-10H2. The van der Waals surface area contributed by atoms with Crippen LogP contribution in [0.2, 0.25) is 10.0 Å². The topological polar surface area (TPSA) is 21.3 Å². The van der Waals surface area contributed by atoms with E-state index >= 15 is 0 Å². The second-order valence-electron chi connectivity index (χ2n) is 5.57. The Labute approximate surface area is 134 Å². The summed E-state index contributed by atoms with van der Waals surface area (Å²) < 4.78 is 6.12. The van der Waals surface area contributed by atoms with Crippen LogP contribution >= 0.6 is 35.0 Å². The average molecular weight is 332 g/mol. The highest BCUT2D eigenvalue weighted by Gasteiger charge is 2.38. The number of hydrogen-bond acceptors (Lipinski definition) is 3. The molecule has 1 N–H and O–H groups in total. The molecular formula is C15H19Cl2NOS. The largest absolute Gasteiger partial charge is 0.380 e. The Hall–Kier alpha value is -0.0900. The van der Waals surface area contributed by atoms with E-state index < -0.39 is 0 Å². The maximum atomic E-state index is 6.24. The summed E-state index contributed by atoms with van der Waals surface area (Å²) in [6.45, 7) is 0.824. The molecule has 0 radical (unpaired) electrons. The van der Waals surface area contributed by atoms with Gasteiger partial charge in [0.05, 0.1) is 21.3 Å². The van der Waals surface area contributed by atoms with E-state index in [0.717, 1.165) is 38.0 Å². The maximum Gasteiger partial charge on any atom is 0.0721 e. The summed E-state index contributed by atoms with van der Waals surface area (Å²) in [5.41, 5.74) is 0.942. The minimum absolute atomic E-state index is 0.0783. The normalized spacial score (nSPS) is 25.6. The van der Waals surface area contributed by atoms with Crippen molar-refractivity contribution in [3.05, 3.63) is 28.2 Å². The van der Waals surface area contributed by atoms with Gasteiger partial charge in [-0.3, -0.25) is 0 Å². The van der Waals surface area contributed by atoms with Crippen LogP contribution in [0.15, 0.2) is 18.2 Å². The molecule has 1 spiro atoms. The van der Waals surface area contributed by atoms with Crippen molar-refractivity contribution >= 4 is 40.7 Å². The minimum atomic E-state index is 0.0783. The van der Waals surface area contributed by atoms with Gasteiger partial charge < -0.3 is 10.1 Å². The fourth-order valence-electron chi connectivity index (χ4n) is 3.08. The van der Waals surface area contributed by atoms with E-state index in [1.165, 1.54) is 11.5 Å². The first-order valence-corrected chi connectivity index (χ1v) is 9.02. The third kappa shape index (κ3) is 3.22. The van der Waals surface area contributed by atoms with Crippen molar-refractivity contribution in [1.29, 1.82) is 0 Å². The van der Waals surface area contributed by atoms with Crippen LogP contribution in [0, 0.1) is 0 Å². The van der Waals surface area contributed by atoms with Crippen LogP contribution in [0.5, 0.6) is 0 Å². The molecule has 2 aliphatic heterocycles. The predicted molar refractivity (Wildman–Crippen MR) is 88.3 cm³/mol. The van der Waals surface area contributed by atoms with Crippen molar-refractivity contribution in [2.75, 3.05) is 23.4 Å². The molecule has 0 amide bonds. The number of hydrogen-bond donors (Lipinski definition) is 1. The highest BCUT2D eigenvalue weighted by atomic mass is 35.5. The Morgan fingerprint density at radius 2 is 1.90 bits per heavy atom. The zero-order valence-corrected chi connectivity index (χ0v) is 13.7. The van der Waals surface area contributed by atoms with Gasteiger partial charge >= 0.3 is 0 Å². The quantitative estimate of drug-likeness (QED) is 0.836. The zero-order valence-electron chi connectivity index (χ0n) is 11.3. The lowest BCUT2D eigenvalue weighted by molar-refractivity contribution is -0.0865. The number of nitrogens with one attached hydrogen (secondary N) is 1. The lowest BCUT2D eigenvalue weighted by Crippen LogP contribution is -2.46. The van der Waals surface area contributed by atoms with Crippen LogP contribution in [-0.4, -0.2) is 29.8 Å². The van der Waals surface area contributed by atoms with Gasteiger partial charge in [-0.1, -0.05) is 29.3 Å². The molecular weight excluding hydrogens is 313 g/mol. The van der Waals surface area contributed by atoms with Crippen LogP contribution in [0.25, 0.3) is 0 Å². The number of rotatable bonds is 2. The molecule has 1 aromatic rings. The van der Waals surface area contributed by atoms with Crippen LogP contribution in [0.4, 0.5) is 5.69 Å². The number of thioether (sulfide) groups is 1. The second kappa shape index (κ2) is 6.35. The molecule has 3 rings (SSSR count). The van der Waals surface area contributed by atoms with Gasteiger partial charge in [0.25, 0.3) is 0 Å². The molecule has 2 aliphatic rings. The van der Waals surface area contributed by atoms with Gasteiger partial charge in [0.1, 0.15) is 0 Å². The molecule has 2 fully saturated rings. The Balaban J connectivity index is 1.71. The minimum Gasteiger partial charge on any atom is -0.380 e. The van der Waals surface area contributed by atoms with E-state index in [1.807, 2.05) is 30.0 Å². The molecule has 2 saturated heterocycles. The van der Waals surface area contributed by atoms with Crippen molar-refractivity contribution in [1.82, 2.24) is 0 Å². The fourth-order valence-corrected chi connectivity index (χ4v) is 4.83. The molecule has 0 aromatic heterocycles. The van der Waals surface area contributed by atoms with Crippen LogP contribution in [-0.2, 0) is 4.74 Å². The highest BCUT2D eigenvalue weighted by Crippen LogP contribution is 2.39. The summed E-state index contributed by atoms with van der Waals surface area (Å²) in [6, 6.07) is 6.02. The summed E-state index contributed by atoms with van der Waals surface area (Å²) in [6.07, 6.45) is 4.38. The first-order valence-electron chi connectivity index (χ1n) is 7.11. The summed E-state index contributed by atoms with van der Waals surface area (Å²) in [5.74, 6) is 2.42. The molecule has 1 aromatic carbocycles. The summed E-state index contributed by atoms with van der Waals surface area (Å²) in [4.78, 5) is 0. The molecule has 1 atom stereocenters. The van der Waals surface area contributed by atoms with E-state index in [4.69, 9.17) is 27.9 Å². The first kappa shape index (κ1) is 14.8. The van der Waals surface area contributed by atoms with Gasteiger partial charge in [0.2, 0.25) is 0 Å². The van der Waals surface area contributed by atoms with E-state index in [0.29, 0.717) is 16.1 Å². The van der Waals surface area contributed by atoms with Crippen molar-refractivity contribution in [3.63, 3.8) is 0 Å². The number of para-hydroxylation sites is 1. The van der Waals surface area contributed by atoms with Crippen molar-refractivity contribution in [2.24, 2.45) is 0 Å². The molecule has 20 heavy (non-hydrogen) atoms. The molecule has 1 unspecified atom stereocenters. The number of ether oxygens (including phenoxy) is 1. The molecule has 110 valence electrons. The Morgan fingerprint density at radius 3 is 2.60 bits per heavy atom. The van der Waals surface area contributed by atoms with Crippen molar-refractivity contribution in [3.8, 4) is 0 Å². The molecule has 2 heterocycles. The molecule has 0 aliphatic carbocycles. The summed E-state index contributed by atoms with van der Waals surface area (Å²) in [5, 5.41) is 4.92. The predicted octanol–water partition coefficient (Wildman–Crippen LogP) is 4.85. The van der Waals surface area contributed by atoms with E-state index in [2.05, 4.69) is 5.32 Å². The SMILES string of the molecule is Clc1cccc(Cl)c1NC1CCOC2(CCSCC2)C1. The van der Waals surface area contributed by atoms with E-state index in [-0.39, 0.29) is 5.60 Å². The van der Waals surface area contributed by atoms with Crippen LogP contribution in [0.1, 0.15) is 25.7 Å². The molecule has 0 bridgehead atoms. The van der Waals surface area contributed by atoms with Gasteiger partial charge in [0, 0.05) is 12.6 Å². The maximum absolute atomic E-state index is 6.24. The Morgan fingerprint density at radius 1 is 1.20 bits per heavy atom. The third-order valence-electron chi connectivity index (χ3n) is 4.21. The summed E-state index contributed by atoms with van der Waals surface area (Å²) in [7, 11) is 0. The lowest BCUT2D eigenvalue weighted by Gasteiger charge is -2.43. The fraction of sp³-hybridized carbons (Fsp3) is 0.600. The van der Waals surface area contributed by atoms with Crippen LogP contribution < -0.4 is 5.32 Å².